The quantitative estimate of drug-likeness (QED) is 0.837. The number of hydrogen-bond donors (Lipinski definition) is 1. The zero-order valence-electron chi connectivity index (χ0n) is 11.0. The standard InChI is InChI=1S/C14H17FO3/c1-8-5-10(15)6-9(2)12(8)11(16)7-14(3,4)13(17)18/h5-6H,7H2,1-4H3,(H,17,18). The van der Waals surface area contributed by atoms with Gasteiger partial charge in [0.15, 0.2) is 5.78 Å². The maximum absolute atomic E-state index is 13.1. The smallest absolute Gasteiger partial charge is 0.309 e. The van der Waals surface area contributed by atoms with Crippen LogP contribution in [0, 0.1) is 25.1 Å². The van der Waals surface area contributed by atoms with Crippen LogP contribution in [0.15, 0.2) is 12.1 Å². The predicted molar refractivity (Wildman–Crippen MR) is 66.2 cm³/mol. The van der Waals surface area contributed by atoms with Crippen LogP contribution in [0.5, 0.6) is 0 Å². The van der Waals surface area contributed by atoms with Gasteiger partial charge in [-0.3, -0.25) is 9.59 Å². The second kappa shape index (κ2) is 4.88. The highest BCUT2D eigenvalue weighted by molar-refractivity contribution is 6.01. The lowest BCUT2D eigenvalue weighted by molar-refractivity contribution is -0.146. The van der Waals surface area contributed by atoms with Gasteiger partial charge in [-0.1, -0.05) is 0 Å². The minimum atomic E-state index is -1.12. The Hall–Kier alpha value is -1.71. The number of halogens is 1. The molecule has 1 rings (SSSR count). The number of aryl methyl sites for hydroxylation is 2. The second-order valence-corrected chi connectivity index (χ2v) is 5.20. The van der Waals surface area contributed by atoms with E-state index >= 15 is 0 Å². The van der Waals surface area contributed by atoms with Gasteiger partial charge in [-0.15, -0.1) is 0 Å². The Balaban J connectivity index is 3.10. The average Bonchev–Trinajstić information content (AvgIpc) is 2.13. The van der Waals surface area contributed by atoms with Crippen LogP contribution in [-0.2, 0) is 4.79 Å². The van der Waals surface area contributed by atoms with Gasteiger partial charge in [0.05, 0.1) is 5.41 Å². The Labute approximate surface area is 106 Å². The molecule has 0 atom stereocenters. The third kappa shape index (κ3) is 2.94. The number of ketones is 1. The van der Waals surface area contributed by atoms with Gasteiger partial charge in [0.25, 0.3) is 0 Å². The van der Waals surface area contributed by atoms with Gasteiger partial charge in [0.2, 0.25) is 0 Å². The minimum absolute atomic E-state index is 0.102. The van der Waals surface area contributed by atoms with Gasteiger partial charge < -0.3 is 5.11 Å². The van der Waals surface area contributed by atoms with Gasteiger partial charge >= 0.3 is 5.97 Å². The molecule has 0 heterocycles. The van der Waals surface area contributed by atoms with Crippen LogP contribution >= 0.6 is 0 Å². The molecule has 1 aromatic rings. The Morgan fingerprint density at radius 1 is 1.22 bits per heavy atom. The highest BCUT2D eigenvalue weighted by atomic mass is 19.1. The summed E-state index contributed by atoms with van der Waals surface area (Å²) in [5, 5.41) is 9.01. The molecule has 98 valence electrons. The lowest BCUT2D eigenvalue weighted by Gasteiger charge is -2.19. The number of benzene rings is 1. The Morgan fingerprint density at radius 3 is 2.06 bits per heavy atom. The number of hydrogen-bond acceptors (Lipinski definition) is 2. The number of carbonyl (C=O) groups excluding carboxylic acids is 1. The number of carbonyl (C=O) groups is 2. The van der Waals surface area contributed by atoms with Gasteiger partial charge in [-0.05, 0) is 51.0 Å². The molecule has 0 radical (unpaired) electrons. The van der Waals surface area contributed by atoms with Crippen molar-refractivity contribution < 1.29 is 19.1 Å². The van der Waals surface area contributed by atoms with Crippen LogP contribution in [0.1, 0.15) is 41.8 Å². The lowest BCUT2D eigenvalue weighted by atomic mass is 9.84. The van der Waals surface area contributed by atoms with Crippen molar-refractivity contribution in [3.8, 4) is 0 Å². The van der Waals surface area contributed by atoms with Crippen molar-refractivity contribution in [2.75, 3.05) is 0 Å². The Morgan fingerprint density at radius 2 is 1.67 bits per heavy atom. The summed E-state index contributed by atoms with van der Waals surface area (Å²) in [6.07, 6.45) is -0.102. The predicted octanol–water partition coefficient (Wildman–Crippen LogP) is 3.13. The summed E-state index contributed by atoms with van der Waals surface area (Å²) in [7, 11) is 0. The lowest BCUT2D eigenvalue weighted by Crippen LogP contribution is -2.27. The van der Waals surface area contributed by atoms with Gasteiger partial charge in [-0.25, -0.2) is 4.39 Å². The van der Waals surface area contributed by atoms with E-state index in [-0.39, 0.29) is 18.0 Å². The largest absolute Gasteiger partial charge is 0.481 e. The summed E-state index contributed by atoms with van der Waals surface area (Å²) in [6, 6.07) is 2.57. The Bertz CT molecular complexity index is 481. The molecule has 0 aromatic heterocycles. The maximum Gasteiger partial charge on any atom is 0.309 e. The fourth-order valence-corrected chi connectivity index (χ4v) is 1.92. The molecule has 0 aliphatic heterocycles. The molecule has 0 aliphatic rings. The van der Waals surface area contributed by atoms with Crippen molar-refractivity contribution in [1.29, 1.82) is 0 Å². The van der Waals surface area contributed by atoms with Crippen LogP contribution in [0.4, 0.5) is 4.39 Å². The number of rotatable bonds is 4. The molecule has 0 amide bonds. The van der Waals surface area contributed by atoms with Crippen molar-refractivity contribution >= 4 is 11.8 Å². The van der Waals surface area contributed by atoms with Crippen LogP contribution in [-0.4, -0.2) is 16.9 Å². The molecule has 0 saturated carbocycles. The zero-order valence-corrected chi connectivity index (χ0v) is 11.0. The molecule has 1 N–H and O–H groups in total. The normalized spacial score (nSPS) is 11.4. The maximum atomic E-state index is 13.1. The van der Waals surface area contributed by atoms with Crippen molar-refractivity contribution in [2.45, 2.75) is 34.1 Å². The van der Waals surface area contributed by atoms with E-state index < -0.39 is 11.4 Å². The van der Waals surface area contributed by atoms with E-state index in [9.17, 15) is 14.0 Å². The summed E-state index contributed by atoms with van der Waals surface area (Å²) in [6.45, 7) is 6.30. The number of Topliss-reactive ketones (excluding diaryl/α,β-unsaturated/α-hetero) is 1. The Kier molecular flexibility index (Phi) is 3.89. The molecule has 0 aliphatic carbocycles. The molecule has 1 aromatic carbocycles. The molecular weight excluding hydrogens is 235 g/mol. The van der Waals surface area contributed by atoms with E-state index in [4.69, 9.17) is 5.11 Å². The van der Waals surface area contributed by atoms with Crippen LogP contribution < -0.4 is 0 Å². The van der Waals surface area contributed by atoms with Gasteiger partial charge in [-0.2, -0.15) is 0 Å². The first kappa shape index (κ1) is 14.4. The summed E-state index contributed by atoms with van der Waals surface area (Å²) in [5.74, 6) is -1.68. The molecule has 3 nitrogen and oxygen atoms in total. The fourth-order valence-electron chi connectivity index (χ4n) is 1.92. The molecule has 0 spiro atoms. The van der Waals surface area contributed by atoms with E-state index in [1.807, 2.05) is 0 Å². The van der Waals surface area contributed by atoms with Crippen LogP contribution in [0.2, 0.25) is 0 Å². The van der Waals surface area contributed by atoms with Crippen LogP contribution in [0.3, 0.4) is 0 Å². The van der Waals surface area contributed by atoms with Crippen LogP contribution in [0.25, 0.3) is 0 Å². The molecular formula is C14H17FO3. The highest BCUT2D eigenvalue weighted by Gasteiger charge is 2.31. The average molecular weight is 252 g/mol. The van der Waals surface area contributed by atoms with Gasteiger partial charge in [0, 0.05) is 12.0 Å². The molecule has 0 bridgehead atoms. The summed E-state index contributed by atoms with van der Waals surface area (Å²) in [5.41, 5.74) is 0.382. The first-order valence-electron chi connectivity index (χ1n) is 5.68. The number of carboxylic acids is 1. The van der Waals surface area contributed by atoms with E-state index in [1.54, 1.807) is 13.8 Å². The van der Waals surface area contributed by atoms with E-state index in [2.05, 4.69) is 0 Å². The van der Waals surface area contributed by atoms with E-state index in [0.717, 1.165) is 0 Å². The molecule has 0 saturated heterocycles. The van der Waals surface area contributed by atoms with Crippen molar-refractivity contribution in [3.05, 3.63) is 34.6 Å². The first-order chi connectivity index (χ1) is 8.15. The molecule has 0 fully saturated rings. The summed E-state index contributed by atoms with van der Waals surface area (Å²) in [4.78, 5) is 23.1. The topological polar surface area (TPSA) is 54.4 Å². The van der Waals surface area contributed by atoms with Gasteiger partial charge in [0.1, 0.15) is 5.82 Å². The highest BCUT2D eigenvalue weighted by Crippen LogP contribution is 2.26. The van der Waals surface area contributed by atoms with E-state index in [1.165, 1.54) is 26.0 Å². The van der Waals surface area contributed by atoms with E-state index in [0.29, 0.717) is 16.7 Å². The second-order valence-electron chi connectivity index (χ2n) is 5.20. The minimum Gasteiger partial charge on any atom is -0.481 e. The zero-order chi connectivity index (χ0) is 14.1. The number of aliphatic carboxylic acids is 1. The third-order valence-corrected chi connectivity index (χ3v) is 2.96. The third-order valence-electron chi connectivity index (χ3n) is 2.96. The summed E-state index contributed by atoms with van der Waals surface area (Å²) >= 11 is 0. The monoisotopic (exact) mass is 252 g/mol. The SMILES string of the molecule is Cc1cc(F)cc(C)c1C(=O)CC(C)(C)C(=O)O. The van der Waals surface area contributed by atoms with Crippen molar-refractivity contribution in [2.24, 2.45) is 5.41 Å². The first-order valence-corrected chi connectivity index (χ1v) is 5.68. The molecule has 4 heteroatoms. The van der Waals surface area contributed by atoms with Crippen molar-refractivity contribution in [1.82, 2.24) is 0 Å². The molecule has 18 heavy (non-hydrogen) atoms. The van der Waals surface area contributed by atoms with Crippen molar-refractivity contribution in [3.63, 3.8) is 0 Å². The summed E-state index contributed by atoms with van der Waals surface area (Å²) < 4.78 is 13.1. The fraction of sp³-hybridized carbons (Fsp3) is 0.429. The number of carboxylic acid groups (broad SMARTS) is 1. The molecule has 0 unspecified atom stereocenters.